The number of nitrogens with one attached hydrogen (secondary N) is 2. The van der Waals surface area contributed by atoms with E-state index in [0.29, 0.717) is 11.6 Å². The number of fused-ring (bicyclic) bond motifs is 1. The average Bonchev–Trinajstić information content (AvgIpc) is 3.20. The molecule has 164 valence electrons. The van der Waals surface area contributed by atoms with Gasteiger partial charge in [0.05, 0.1) is 19.9 Å². The number of hydrogen-bond acceptors (Lipinski definition) is 6. The molecule has 0 spiro atoms. The molecule has 3 aromatic heterocycles. The van der Waals surface area contributed by atoms with E-state index in [2.05, 4.69) is 57.4 Å². The lowest BCUT2D eigenvalue weighted by molar-refractivity contribution is 0.343. The molecule has 0 radical (unpaired) electrons. The molecule has 1 fully saturated rings. The maximum Gasteiger partial charge on any atom is 0.256 e. The monoisotopic (exact) mass is 429 g/mol. The fourth-order valence-electron chi connectivity index (χ4n) is 4.31. The highest BCUT2D eigenvalue weighted by atomic mass is 16.5. The number of anilines is 1. The number of aryl methyl sites for hydroxylation is 1. The highest BCUT2D eigenvalue weighted by Crippen LogP contribution is 2.35. The fourth-order valence-corrected chi connectivity index (χ4v) is 4.31. The molecule has 4 aromatic rings. The van der Waals surface area contributed by atoms with E-state index in [1.54, 1.807) is 20.4 Å². The normalized spacial score (nSPS) is 14.0. The molecular formula is C25H27N5O2. The second-order valence-corrected chi connectivity index (χ2v) is 7.96. The molecule has 1 saturated heterocycles. The smallest absolute Gasteiger partial charge is 0.256 e. The Bertz CT molecular complexity index is 1240. The van der Waals surface area contributed by atoms with E-state index >= 15 is 0 Å². The van der Waals surface area contributed by atoms with Gasteiger partial charge in [0.2, 0.25) is 0 Å². The zero-order valence-corrected chi connectivity index (χ0v) is 18.6. The number of nitrogens with zero attached hydrogens (tertiary/aromatic N) is 3. The summed E-state index contributed by atoms with van der Waals surface area (Å²) in [7, 11) is 3.21. The van der Waals surface area contributed by atoms with Gasteiger partial charge in [-0.3, -0.25) is 0 Å². The molecular weight excluding hydrogens is 402 g/mol. The first kappa shape index (κ1) is 20.3. The standard InChI is InChI=1S/C25H27N5O2/c1-16-20-6-4-17(18-5-7-23(27-14-18)30-10-8-26-9-11-30)12-21(20)29-24(16)19-13-22(31-2)25(32-3)28-15-19/h4-7,12-15,26,29H,8-11H2,1-3H3. The summed E-state index contributed by atoms with van der Waals surface area (Å²) >= 11 is 0. The van der Waals surface area contributed by atoms with Gasteiger partial charge >= 0.3 is 0 Å². The first-order chi connectivity index (χ1) is 15.7. The van der Waals surface area contributed by atoms with Crippen molar-refractivity contribution in [2.75, 3.05) is 45.3 Å². The zero-order chi connectivity index (χ0) is 22.1. The van der Waals surface area contributed by atoms with Crippen LogP contribution in [-0.4, -0.2) is 55.4 Å². The minimum atomic E-state index is 0.476. The van der Waals surface area contributed by atoms with Gasteiger partial charge in [-0.2, -0.15) is 0 Å². The Kier molecular flexibility index (Phi) is 5.41. The molecule has 0 unspecified atom stereocenters. The third-order valence-corrected chi connectivity index (χ3v) is 6.10. The third kappa shape index (κ3) is 3.65. The zero-order valence-electron chi connectivity index (χ0n) is 18.6. The van der Waals surface area contributed by atoms with Crippen LogP contribution in [0, 0.1) is 6.92 Å². The highest BCUT2D eigenvalue weighted by Gasteiger charge is 2.15. The number of hydrogen-bond donors (Lipinski definition) is 2. The van der Waals surface area contributed by atoms with E-state index in [1.807, 2.05) is 12.3 Å². The van der Waals surface area contributed by atoms with Crippen LogP contribution < -0.4 is 19.7 Å². The van der Waals surface area contributed by atoms with Crippen molar-refractivity contribution in [3.63, 3.8) is 0 Å². The summed E-state index contributed by atoms with van der Waals surface area (Å²) in [5, 5.41) is 4.56. The van der Waals surface area contributed by atoms with Crippen LogP contribution in [0.5, 0.6) is 11.6 Å². The van der Waals surface area contributed by atoms with E-state index in [1.165, 1.54) is 10.9 Å². The van der Waals surface area contributed by atoms with E-state index in [0.717, 1.165) is 59.9 Å². The van der Waals surface area contributed by atoms with Crippen LogP contribution in [0.15, 0.2) is 48.8 Å². The fraction of sp³-hybridized carbons (Fsp3) is 0.280. The lowest BCUT2D eigenvalue weighted by atomic mass is 10.0. The Balaban J connectivity index is 1.47. The Morgan fingerprint density at radius 1 is 0.875 bits per heavy atom. The van der Waals surface area contributed by atoms with Gasteiger partial charge in [0.25, 0.3) is 5.88 Å². The van der Waals surface area contributed by atoms with Crippen molar-refractivity contribution in [3.8, 4) is 34.0 Å². The molecule has 0 saturated carbocycles. The Labute approximate surface area is 187 Å². The quantitative estimate of drug-likeness (QED) is 0.499. The SMILES string of the molecule is COc1cc(-c2[nH]c3cc(-c4ccc(N5CCNCC5)nc4)ccc3c2C)cnc1OC. The molecule has 1 aliphatic rings. The summed E-state index contributed by atoms with van der Waals surface area (Å²) in [6.07, 6.45) is 3.77. The molecule has 0 amide bonds. The van der Waals surface area contributed by atoms with Crippen molar-refractivity contribution in [2.45, 2.75) is 6.92 Å². The second-order valence-electron chi connectivity index (χ2n) is 7.96. The van der Waals surface area contributed by atoms with Crippen molar-refractivity contribution in [1.82, 2.24) is 20.3 Å². The van der Waals surface area contributed by atoms with Gasteiger partial charge in [0, 0.05) is 60.6 Å². The first-order valence-electron chi connectivity index (χ1n) is 10.8. The molecule has 0 atom stereocenters. The average molecular weight is 430 g/mol. The number of ether oxygens (including phenoxy) is 2. The third-order valence-electron chi connectivity index (χ3n) is 6.10. The Morgan fingerprint density at radius 3 is 2.38 bits per heavy atom. The predicted molar refractivity (Wildman–Crippen MR) is 128 cm³/mol. The van der Waals surface area contributed by atoms with Crippen LogP contribution in [0.25, 0.3) is 33.3 Å². The van der Waals surface area contributed by atoms with Crippen molar-refractivity contribution < 1.29 is 9.47 Å². The van der Waals surface area contributed by atoms with Crippen molar-refractivity contribution >= 4 is 16.7 Å². The van der Waals surface area contributed by atoms with Crippen LogP contribution in [0.3, 0.4) is 0 Å². The lowest BCUT2D eigenvalue weighted by Gasteiger charge is -2.28. The second kappa shape index (κ2) is 8.51. The van der Waals surface area contributed by atoms with E-state index in [4.69, 9.17) is 14.5 Å². The van der Waals surface area contributed by atoms with Crippen molar-refractivity contribution in [1.29, 1.82) is 0 Å². The van der Waals surface area contributed by atoms with Gasteiger partial charge in [-0.1, -0.05) is 12.1 Å². The van der Waals surface area contributed by atoms with Crippen molar-refractivity contribution in [3.05, 3.63) is 54.4 Å². The molecule has 7 nitrogen and oxygen atoms in total. The van der Waals surface area contributed by atoms with Crippen LogP contribution >= 0.6 is 0 Å². The maximum absolute atomic E-state index is 5.43. The van der Waals surface area contributed by atoms with Crippen LogP contribution in [0.2, 0.25) is 0 Å². The van der Waals surface area contributed by atoms with Gasteiger partial charge in [-0.25, -0.2) is 9.97 Å². The summed E-state index contributed by atoms with van der Waals surface area (Å²) in [4.78, 5) is 15.0. The molecule has 32 heavy (non-hydrogen) atoms. The molecule has 2 N–H and O–H groups in total. The van der Waals surface area contributed by atoms with Gasteiger partial charge < -0.3 is 24.7 Å². The number of methoxy groups -OCH3 is 2. The van der Waals surface area contributed by atoms with E-state index in [-0.39, 0.29) is 0 Å². The summed E-state index contributed by atoms with van der Waals surface area (Å²) in [5.74, 6) is 2.12. The number of benzene rings is 1. The highest BCUT2D eigenvalue weighted by molar-refractivity contribution is 5.93. The molecule has 1 aromatic carbocycles. The van der Waals surface area contributed by atoms with Gasteiger partial charge in [0.15, 0.2) is 5.75 Å². The summed E-state index contributed by atoms with van der Waals surface area (Å²) < 4.78 is 10.7. The first-order valence-corrected chi connectivity index (χ1v) is 10.8. The number of rotatable bonds is 5. The molecule has 7 heteroatoms. The minimum absolute atomic E-state index is 0.476. The number of H-pyrrole nitrogens is 1. The molecule has 5 rings (SSSR count). The van der Waals surface area contributed by atoms with Crippen LogP contribution in [0.1, 0.15) is 5.56 Å². The number of aromatic amines is 1. The lowest BCUT2D eigenvalue weighted by Crippen LogP contribution is -2.43. The van der Waals surface area contributed by atoms with Gasteiger partial charge in [0.1, 0.15) is 5.82 Å². The summed E-state index contributed by atoms with van der Waals surface area (Å²) in [6.45, 7) is 6.12. The van der Waals surface area contributed by atoms with Gasteiger partial charge in [-0.15, -0.1) is 0 Å². The molecule has 4 heterocycles. The van der Waals surface area contributed by atoms with Crippen molar-refractivity contribution in [2.24, 2.45) is 0 Å². The molecule has 1 aliphatic heterocycles. The number of piperazine rings is 1. The van der Waals surface area contributed by atoms with Crippen LogP contribution in [0.4, 0.5) is 5.82 Å². The number of aromatic nitrogens is 3. The maximum atomic E-state index is 5.43. The number of pyridine rings is 2. The molecule has 0 bridgehead atoms. The summed E-state index contributed by atoms with van der Waals surface area (Å²) in [6, 6.07) is 12.7. The largest absolute Gasteiger partial charge is 0.491 e. The van der Waals surface area contributed by atoms with E-state index < -0.39 is 0 Å². The van der Waals surface area contributed by atoms with Gasteiger partial charge in [-0.05, 0) is 42.3 Å². The Hall–Kier alpha value is -3.58. The van der Waals surface area contributed by atoms with E-state index in [9.17, 15) is 0 Å². The molecule has 0 aliphatic carbocycles. The topological polar surface area (TPSA) is 75.3 Å². The predicted octanol–water partition coefficient (Wildman–Crippen LogP) is 4.03. The van der Waals surface area contributed by atoms with Crippen LogP contribution in [-0.2, 0) is 0 Å². The summed E-state index contributed by atoms with van der Waals surface area (Å²) in [5.41, 5.74) is 6.48. The minimum Gasteiger partial charge on any atom is -0.491 e. The Morgan fingerprint density at radius 2 is 1.66 bits per heavy atom.